The highest BCUT2D eigenvalue weighted by atomic mass is 32.2. The van der Waals surface area contributed by atoms with Gasteiger partial charge in [-0.05, 0) is 17.1 Å². The Labute approximate surface area is 40.9 Å². The summed E-state index contributed by atoms with van der Waals surface area (Å²) in [6, 6.07) is 0. The van der Waals surface area contributed by atoms with Crippen LogP contribution in [0, 0.1) is 6.26 Å². The van der Waals surface area contributed by atoms with E-state index in [0.29, 0.717) is 0 Å². The normalized spacial score (nSPS) is 23.2. The molecule has 1 rings (SSSR count). The largest absolute Gasteiger partial charge is 0.213 e. The topological polar surface area (TPSA) is 0 Å². The van der Waals surface area contributed by atoms with Crippen molar-refractivity contribution in [2.45, 2.75) is 0 Å². The summed E-state index contributed by atoms with van der Waals surface area (Å²) in [7, 11) is -0.0761. The Kier molecular flexibility index (Phi) is 1.01. The molecule has 1 radical (unpaired) electrons. The third-order valence-electron chi connectivity index (χ3n) is 0.666. The Bertz CT molecular complexity index is 80.1. The molecular formula is C5H7S. The van der Waals surface area contributed by atoms with Crippen LogP contribution in [-0.4, -0.2) is 0 Å². The van der Waals surface area contributed by atoms with Crippen LogP contribution < -0.4 is 0 Å². The fraction of sp³-hybridized carbons (Fsp3) is 0. The molecule has 0 spiro atoms. The smallest absolute Gasteiger partial charge is 0.0105 e. The summed E-state index contributed by atoms with van der Waals surface area (Å²) in [5.41, 5.74) is 0. The van der Waals surface area contributed by atoms with Crippen LogP contribution in [0.1, 0.15) is 0 Å². The minimum atomic E-state index is -0.0761. The third kappa shape index (κ3) is 0.658. The highest BCUT2D eigenvalue weighted by Gasteiger charge is 1.84. The molecule has 0 fully saturated rings. The van der Waals surface area contributed by atoms with Gasteiger partial charge in [0.15, 0.2) is 0 Å². The Morgan fingerprint density at radius 2 is 1.67 bits per heavy atom. The second-order valence-electron chi connectivity index (χ2n) is 1.20. The van der Waals surface area contributed by atoms with E-state index in [2.05, 4.69) is 17.1 Å². The van der Waals surface area contributed by atoms with Crippen molar-refractivity contribution >= 4 is 10.9 Å². The van der Waals surface area contributed by atoms with Gasteiger partial charge < -0.3 is 0 Å². The summed E-state index contributed by atoms with van der Waals surface area (Å²) in [6.45, 7) is 0. The quantitative estimate of drug-likeness (QED) is 0.440. The van der Waals surface area contributed by atoms with Crippen LogP contribution in [0.4, 0.5) is 0 Å². The van der Waals surface area contributed by atoms with Crippen molar-refractivity contribution in [2.75, 3.05) is 0 Å². The molecule has 0 N–H and O–H groups in total. The molecule has 1 aliphatic heterocycles. The summed E-state index contributed by atoms with van der Waals surface area (Å²) in [6.07, 6.45) is 7.91. The van der Waals surface area contributed by atoms with Crippen molar-refractivity contribution in [3.05, 3.63) is 29.2 Å². The third-order valence-corrected chi connectivity index (χ3v) is 1.78. The van der Waals surface area contributed by atoms with Gasteiger partial charge in [0.25, 0.3) is 0 Å². The molecule has 0 atom stereocenters. The first kappa shape index (κ1) is 4.00. The molecular weight excluding hydrogens is 92.1 g/mol. The standard InChI is InChI=1S/C5H7S/c1-6-4-2-3-5-6/h2-6H,1H2. The maximum Gasteiger partial charge on any atom is -0.0105 e. The van der Waals surface area contributed by atoms with E-state index in [1.807, 2.05) is 12.2 Å². The van der Waals surface area contributed by atoms with Crippen molar-refractivity contribution in [2.24, 2.45) is 0 Å². The predicted molar refractivity (Wildman–Crippen MR) is 32.6 cm³/mol. The molecule has 1 heteroatoms. The van der Waals surface area contributed by atoms with Crippen LogP contribution in [0.3, 0.4) is 0 Å². The maximum absolute atomic E-state index is 3.83. The van der Waals surface area contributed by atoms with Crippen LogP contribution >= 0.6 is 10.9 Å². The molecule has 0 saturated heterocycles. The second-order valence-corrected chi connectivity index (χ2v) is 2.82. The highest BCUT2D eigenvalue weighted by molar-refractivity contribution is 8.23. The first-order valence-corrected chi connectivity index (χ1v) is 3.50. The van der Waals surface area contributed by atoms with Crippen LogP contribution in [0.25, 0.3) is 0 Å². The van der Waals surface area contributed by atoms with Gasteiger partial charge in [-0.1, -0.05) is 12.2 Å². The molecule has 0 aromatic carbocycles. The predicted octanol–water partition coefficient (Wildman–Crippen LogP) is 1.82. The number of allylic oxidation sites excluding steroid dienone is 2. The zero-order valence-electron chi connectivity index (χ0n) is 3.46. The summed E-state index contributed by atoms with van der Waals surface area (Å²) in [5.74, 6) is 0. The van der Waals surface area contributed by atoms with E-state index in [1.54, 1.807) is 0 Å². The Morgan fingerprint density at radius 3 is 1.83 bits per heavy atom. The summed E-state index contributed by atoms with van der Waals surface area (Å²) < 4.78 is 0. The van der Waals surface area contributed by atoms with Crippen molar-refractivity contribution in [3.63, 3.8) is 0 Å². The van der Waals surface area contributed by atoms with Crippen molar-refractivity contribution in [3.8, 4) is 0 Å². The van der Waals surface area contributed by atoms with E-state index in [9.17, 15) is 0 Å². The Morgan fingerprint density at radius 1 is 1.17 bits per heavy atom. The minimum Gasteiger partial charge on any atom is -0.213 e. The molecule has 0 nitrogen and oxygen atoms in total. The van der Waals surface area contributed by atoms with Gasteiger partial charge in [0, 0.05) is 0 Å². The molecule has 0 amide bonds. The molecule has 33 valence electrons. The van der Waals surface area contributed by atoms with Crippen molar-refractivity contribution < 1.29 is 0 Å². The Hall–Kier alpha value is -0.170. The average Bonchev–Trinajstić information content (AvgIpc) is 1.86. The lowest BCUT2D eigenvalue weighted by atomic mass is 10.6. The van der Waals surface area contributed by atoms with Crippen molar-refractivity contribution in [1.29, 1.82) is 0 Å². The van der Waals surface area contributed by atoms with Gasteiger partial charge >= 0.3 is 0 Å². The van der Waals surface area contributed by atoms with Crippen molar-refractivity contribution in [1.82, 2.24) is 0 Å². The molecule has 1 heterocycles. The monoisotopic (exact) mass is 99.0 g/mol. The molecule has 1 aliphatic rings. The molecule has 0 aromatic heterocycles. The molecule has 0 unspecified atom stereocenters. The number of thiol groups is 1. The number of hydrogen-bond donors (Lipinski definition) is 1. The van der Waals surface area contributed by atoms with Crippen LogP contribution in [0.5, 0.6) is 0 Å². The first-order valence-electron chi connectivity index (χ1n) is 1.83. The van der Waals surface area contributed by atoms with Gasteiger partial charge in [-0.2, -0.15) is 0 Å². The second kappa shape index (κ2) is 1.52. The average molecular weight is 99.2 g/mol. The van der Waals surface area contributed by atoms with Gasteiger partial charge in [-0.15, -0.1) is 0 Å². The summed E-state index contributed by atoms with van der Waals surface area (Å²) in [5, 5.41) is 4.24. The minimum absolute atomic E-state index is 0.0761. The maximum atomic E-state index is 3.83. The van der Waals surface area contributed by atoms with Gasteiger partial charge in [0.05, 0.1) is 0 Å². The fourth-order valence-electron chi connectivity index (χ4n) is 0.370. The van der Waals surface area contributed by atoms with E-state index in [-0.39, 0.29) is 10.9 Å². The van der Waals surface area contributed by atoms with Gasteiger partial charge in [0.1, 0.15) is 0 Å². The molecule has 0 aromatic rings. The van der Waals surface area contributed by atoms with E-state index in [1.165, 1.54) is 0 Å². The van der Waals surface area contributed by atoms with E-state index in [4.69, 9.17) is 0 Å². The van der Waals surface area contributed by atoms with Gasteiger partial charge in [-0.25, -0.2) is 10.9 Å². The van der Waals surface area contributed by atoms with Crippen LogP contribution in [0.2, 0.25) is 0 Å². The van der Waals surface area contributed by atoms with Gasteiger partial charge in [0.2, 0.25) is 0 Å². The van der Waals surface area contributed by atoms with Crippen LogP contribution in [0.15, 0.2) is 23.0 Å². The summed E-state index contributed by atoms with van der Waals surface area (Å²) in [4.78, 5) is 0. The number of rotatable bonds is 0. The molecule has 0 bridgehead atoms. The zero-order valence-corrected chi connectivity index (χ0v) is 4.36. The SMILES string of the molecule is [CH2][SH]1C=CC=C1. The lowest BCUT2D eigenvalue weighted by Gasteiger charge is -1.92. The lowest BCUT2D eigenvalue weighted by Crippen LogP contribution is -1.44. The first-order chi connectivity index (χ1) is 2.89. The van der Waals surface area contributed by atoms with E-state index >= 15 is 0 Å². The number of hydrogen-bond acceptors (Lipinski definition) is 0. The highest BCUT2D eigenvalue weighted by Crippen LogP contribution is 2.29. The fourth-order valence-corrected chi connectivity index (χ4v) is 1.11. The molecule has 0 aliphatic carbocycles. The lowest BCUT2D eigenvalue weighted by molar-refractivity contribution is 2.15. The zero-order chi connectivity index (χ0) is 4.41. The molecule has 6 heavy (non-hydrogen) atoms. The van der Waals surface area contributed by atoms with E-state index < -0.39 is 0 Å². The van der Waals surface area contributed by atoms with Gasteiger partial charge in [-0.3, -0.25) is 0 Å². The van der Waals surface area contributed by atoms with Crippen LogP contribution in [-0.2, 0) is 0 Å². The van der Waals surface area contributed by atoms with E-state index in [0.717, 1.165) is 0 Å². The Balaban J connectivity index is 2.60. The summed E-state index contributed by atoms with van der Waals surface area (Å²) >= 11 is 0. The molecule has 0 saturated carbocycles.